The summed E-state index contributed by atoms with van der Waals surface area (Å²) in [6.07, 6.45) is 0. The summed E-state index contributed by atoms with van der Waals surface area (Å²) in [5, 5.41) is 5.85. The van der Waals surface area contributed by atoms with E-state index in [4.69, 9.17) is 0 Å². The van der Waals surface area contributed by atoms with Crippen LogP contribution in [0.2, 0.25) is 0 Å². The average Bonchev–Trinajstić information content (AvgIpc) is 2.73. The van der Waals surface area contributed by atoms with Crippen molar-refractivity contribution in [3.8, 4) is 0 Å². The van der Waals surface area contributed by atoms with Gasteiger partial charge in [0.1, 0.15) is 0 Å². The lowest BCUT2D eigenvalue weighted by molar-refractivity contribution is 0.101. The molecule has 0 bridgehead atoms. The van der Waals surface area contributed by atoms with Gasteiger partial charge in [0.2, 0.25) is 0 Å². The van der Waals surface area contributed by atoms with E-state index in [1.54, 1.807) is 12.1 Å². The summed E-state index contributed by atoms with van der Waals surface area (Å²) in [6, 6.07) is 18.4. The van der Waals surface area contributed by atoms with Crippen LogP contribution < -0.4 is 10.6 Å². The van der Waals surface area contributed by atoms with Crippen LogP contribution in [0.3, 0.4) is 0 Å². The van der Waals surface area contributed by atoms with Crippen LogP contribution in [-0.2, 0) is 10.8 Å². The number of amides is 2. The Kier molecular flexibility index (Phi) is 7.73. The van der Waals surface area contributed by atoms with Crippen molar-refractivity contribution >= 4 is 55.0 Å². The fraction of sp³-hybridized carbons (Fsp3) is 0.286. The highest BCUT2D eigenvalue weighted by Crippen LogP contribution is 2.32. The van der Waals surface area contributed by atoms with E-state index in [1.807, 2.05) is 48.5 Å². The van der Waals surface area contributed by atoms with Gasteiger partial charge in [-0.15, -0.1) is 0 Å². The van der Waals surface area contributed by atoms with Gasteiger partial charge in [0.05, 0.1) is 11.4 Å². The second-order valence-electron chi connectivity index (χ2n) is 10.3. The molecule has 0 aliphatic rings. The molecule has 0 saturated heterocycles. The summed E-state index contributed by atoms with van der Waals surface area (Å²) >= 11 is 7.18. The van der Waals surface area contributed by atoms with Crippen LogP contribution in [0.5, 0.6) is 0 Å². The Morgan fingerprint density at radius 2 is 0.971 bits per heavy atom. The van der Waals surface area contributed by atoms with Crippen LogP contribution in [0.1, 0.15) is 73.4 Å². The van der Waals surface area contributed by atoms with E-state index in [0.717, 1.165) is 20.1 Å². The van der Waals surface area contributed by atoms with Crippen molar-refractivity contribution in [1.29, 1.82) is 0 Å². The molecule has 0 heterocycles. The first-order valence-electron chi connectivity index (χ1n) is 11.1. The zero-order valence-electron chi connectivity index (χ0n) is 20.3. The molecule has 2 N–H and O–H groups in total. The Labute approximate surface area is 218 Å². The number of carbonyl (C=O) groups is 2. The van der Waals surface area contributed by atoms with Crippen LogP contribution in [0, 0.1) is 0 Å². The summed E-state index contributed by atoms with van der Waals surface area (Å²) < 4.78 is 1.78. The van der Waals surface area contributed by atoms with Crippen LogP contribution in [0.4, 0.5) is 11.4 Å². The number of hydrogen-bond donors (Lipinski definition) is 2. The fourth-order valence-electron chi connectivity index (χ4n) is 3.62. The van der Waals surface area contributed by atoms with Gasteiger partial charge < -0.3 is 10.6 Å². The van der Waals surface area contributed by atoms with E-state index in [1.165, 1.54) is 0 Å². The van der Waals surface area contributed by atoms with Gasteiger partial charge in [0, 0.05) is 20.1 Å². The van der Waals surface area contributed by atoms with E-state index in [-0.39, 0.29) is 22.6 Å². The van der Waals surface area contributed by atoms with Gasteiger partial charge in [-0.1, -0.05) is 97.7 Å². The monoisotopic (exact) mass is 584 g/mol. The average molecular weight is 586 g/mol. The molecule has 178 valence electrons. The lowest BCUT2D eigenvalue weighted by Gasteiger charge is -2.21. The highest BCUT2D eigenvalue weighted by Gasteiger charge is 2.20. The molecule has 0 aliphatic heterocycles. The number of halogens is 2. The number of para-hydroxylation sites is 2. The summed E-state index contributed by atoms with van der Waals surface area (Å²) in [5.74, 6) is -0.500. The molecule has 34 heavy (non-hydrogen) atoms. The van der Waals surface area contributed by atoms with Crippen LogP contribution in [-0.4, -0.2) is 11.8 Å². The van der Waals surface area contributed by atoms with Crippen LogP contribution in [0.15, 0.2) is 69.6 Å². The van der Waals surface area contributed by atoms with Crippen LogP contribution >= 0.6 is 31.9 Å². The minimum Gasteiger partial charge on any atom is -0.320 e. The molecule has 3 rings (SSSR count). The summed E-state index contributed by atoms with van der Waals surface area (Å²) in [4.78, 5) is 25.9. The Bertz CT molecular complexity index is 1140. The van der Waals surface area contributed by atoms with Gasteiger partial charge in [-0.2, -0.15) is 0 Å². The quantitative estimate of drug-likeness (QED) is 0.323. The molecule has 0 aromatic heterocycles. The molecule has 3 aromatic rings. The van der Waals surface area contributed by atoms with Crippen molar-refractivity contribution < 1.29 is 9.59 Å². The maximum Gasteiger partial charge on any atom is 0.255 e. The maximum absolute atomic E-state index is 13.0. The SMILES string of the molecule is CC(C)(C)c1ccc(C(=O)Nc2ccccc2NC(=O)c2ccc(C(C)(C)C)c(Br)c2)cc1Br. The lowest BCUT2D eigenvalue weighted by Crippen LogP contribution is -2.18. The molecule has 4 nitrogen and oxygen atoms in total. The number of benzene rings is 3. The lowest BCUT2D eigenvalue weighted by atomic mass is 9.86. The maximum atomic E-state index is 13.0. The predicted octanol–water partition coefficient (Wildman–Crippen LogP) is 8.31. The third-order valence-electron chi connectivity index (χ3n) is 5.50. The second kappa shape index (κ2) is 10.0. The first-order chi connectivity index (χ1) is 15.8. The van der Waals surface area contributed by atoms with E-state index in [0.29, 0.717) is 22.5 Å². The van der Waals surface area contributed by atoms with Gasteiger partial charge in [-0.3, -0.25) is 9.59 Å². The molecule has 3 aromatic carbocycles. The van der Waals surface area contributed by atoms with E-state index >= 15 is 0 Å². The first-order valence-corrected chi connectivity index (χ1v) is 12.7. The summed E-state index contributed by atoms with van der Waals surface area (Å²) in [5.41, 5.74) is 4.30. The van der Waals surface area contributed by atoms with E-state index in [2.05, 4.69) is 84.0 Å². The summed E-state index contributed by atoms with van der Waals surface area (Å²) in [6.45, 7) is 12.8. The van der Waals surface area contributed by atoms with Gasteiger partial charge in [-0.05, 0) is 58.4 Å². The molecule has 6 heteroatoms. The first kappa shape index (κ1) is 26.2. The molecule has 0 radical (unpaired) electrons. The van der Waals surface area contributed by atoms with Crippen molar-refractivity contribution in [3.63, 3.8) is 0 Å². The summed E-state index contributed by atoms with van der Waals surface area (Å²) in [7, 11) is 0. The number of rotatable bonds is 4. The van der Waals surface area contributed by atoms with Gasteiger partial charge >= 0.3 is 0 Å². The largest absolute Gasteiger partial charge is 0.320 e. The minimum atomic E-state index is -0.250. The van der Waals surface area contributed by atoms with Gasteiger partial charge in [-0.25, -0.2) is 0 Å². The zero-order chi connectivity index (χ0) is 25.3. The minimum absolute atomic E-state index is 0.0369. The number of carbonyl (C=O) groups excluding carboxylic acids is 2. The van der Waals surface area contributed by atoms with Crippen molar-refractivity contribution in [3.05, 3.63) is 91.9 Å². The van der Waals surface area contributed by atoms with Crippen molar-refractivity contribution in [1.82, 2.24) is 0 Å². The van der Waals surface area contributed by atoms with Crippen molar-refractivity contribution in [2.75, 3.05) is 10.6 Å². The number of anilines is 2. The zero-order valence-corrected chi connectivity index (χ0v) is 23.5. The third-order valence-corrected chi connectivity index (χ3v) is 6.81. The molecular formula is C28H30Br2N2O2. The number of nitrogens with one attached hydrogen (secondary N) is 2. The predicted molar refractivity (Wildman–Crippen MR) is 148 cm³/mol. The van der Waals surface area contributed by atoms with E-state index < -0.39 is 0 Å². The molecule has 2 amide bonds. The number of hydrogen-bond acceptors (Lipinski definition) is 2. The molecule has 0 unspecified atom stereocenters. The van der Waals surface area contributed by atoms with E-state index in [9.17, 15) is 9.59 Å². The van der Waals surface area contributed by atoms with Crippen molar-refractivity contribution in [2.45, 2.75) is 52.4 Å². The molecule has 0 spiro atoms. The Balaban J connectivity index is 1.80. The third kappa shape index (κ3) is 6.16. The normalized spacial score (nSPS) is 11.8. The molecular weight excluding hydrogens is 556 g/mol. The fourth-order valence-corrected chi connectivity index (χ4v) is 5.57. The Morgan fingerprint density at radius 3 is 1.26 bits per heavy atom. The second-order valence-corrected chi connectivity index (χ2v) is 12.1. The topological polar surface area (TPSA) is 58.2 Å². The molecule has 0 aliphatic carbocycles. The smallest absolute Gasteiger partial charge is 0.255 e. The van der Waals surface area contributed by atoms with Crippen LogP contribution in [0.25, 0.3) is 0 Å². The van der Waals surface area contributed by atoms with Gasteiger partial charge in [0.15, 0.2) is 0 Å². The highest BCUT2D eigenvalue weighted by atomic mass is 79.9. The Morgan fingerprint density at radius 1 is 0.618 bits per heavy atom. The Hall–Kier alpha value is -2.44. The molecule has 0 fully saturated rings. The highest BCUT2D eigenvalue weighted by molar-refractivity contribution is 9.10. The molecule has 0 saturated carbocycles. The molecule has 0 atom stereocenters. The van der Waals surface area contributed by atoms with Gasteiger partial charge in [0.25, 0.3) is 11.8 Å². The standard InChI is InChI=1S/C28H30Br2N2O2/c1-27(2,3)19-13-11-17(15-21(19)29)25(33)31-23-9-7-8-10-24(23)32-26(34)18-12-14-20(22(30)16-18)28(4,5)6/h7-16H,1-6H3,(H,31,33)(H,32,34). The van der Waals surface area contributed by atoms with Crippen molar-refractivity contribution in [2.24, 2.45) is 0 Å².